The lowest BCUT2D eigenvalue weighted by Crippen LogP contribution is -2.22. The van der Waals surface area contributed by atoms with Crippen LogP contribution in [0.1, 0.15) is 34.5 Å². The minimum absolute atomic E-state index is 0.0239. The molecule has 4 heteroatoms. The molecule has 0 bridgehead atoms. The van der Waals surface area contributed by atoms with Crippen molar-refractivity contribution in [2.45, 2.75) is 19.6 Å². The van der Waals surface area contributed by atoms with Crippen LogP contribution < -0.4 is 10.1 Å². The minimum atomic E-state index is -0.103. The van der Waals surface area contributed by atoms with Crippen LogP contribution in [-0.4, -0.2) is 10.9 Å². The molecule has 1 amide bonds. The van der Waals surface area contributed by atoms with E-state index in [0.29, 0.717) is 12.1 Å². The molecule has 4 aromatic rings. The van der Waals surface area contributed by atoms with Gasteiger partial charge >= 0.3 is 0 Å². The van der Waals surface area contributed by atoms with E-state index in [9.17, 15) is 4.79 Å². The van der Waals surface area contributed by atoms with E-state index in [4.69, 9.17) is 4.74 Å². The van der Waals surface area contributed by atoms with Gasteiger partial charge in [-0.15, -0.1) is 0 Å². The highest BCUT2D eigenvalue weighted by Crippen LogP contribution is 2.22. The number of carbonyl (C=O) groups excluding carboxylic acids is 1. The lowest BCUT2D eigenvalue weighted by atomic mass is 10.1. The van der Waals surface area contributed by atoms with E-state index in [1.807, 2.05) is 73.7 Å². The molecule has 3 aromatic carbocycles. The fourth-order valence-electron chi connectivity index (χ4n) is 3.18. The van der Waals surface area contributed by atoms with Gasteiger partial charge in [0.05, 0.1) is 5.52 Å². The summed E-state index contributed by atoms with van der Waals surface area (Å²) >= 11 is 0. The smallest absolute Gasteiger partial charge is 0.251 e. The van der Waals surface area contributed by atoms with Gasteiger partial charge in [0.2, 0.25) is 0 Å². The molecule has 1 atom stereocenters. The van der Waals surface area contributed by atoms with Gasteiger partial charge in [-0.2, -0.15) is 0 Å². The van der Waals surface area contributed by atoms with Crippen LogP contribution in [0.15, 0.2) is 91.1 Å². The number of amides is 1. The highest BCUT2D eigenvalue weighted by molar-refractivity contribution is 5.97. The van der Waals surface area contributed by atoms with Crippen molar-refractivity contribution in [3.8, 4) is 5.75 Å². The summed E-state index contributed by atoms with van der Waals surface area (Å²) < 4.78 is 6.00. The van der Waals surface area contributed by atoms with Crippen molar-refractivity contribution in [3.05, 3.63) is 108 Å². The van der Waals surface area contributed by atoms with E-state index >= 15 is 0 Å². The molecule has 0 aliphatic carbocycles. The van der Waals surface area contributed by atoms with Gasteiger partial charge in [0.1, 0.15) is 11.9 Å². The second-order valence-electron chi connectivity index (χ2n) is 6.91. The van der Waals surface area contributed by atoms with Crippen LogP contribution in [0, 0.1) is 0 Å². The summed E-state index contributed by atoms with van der Waals surface area (Å²) in [4.78, 5) is 16.8. The van der Waals surface area contributed by atoms with E-state index in [1.165, 1.54) is 0 Å². The molecule has 1 aromatic heterocycles. The summed E-state index contributed by atoms with van der Waals surface area (Å²) in [5.41, 5.74) is 3.65. The average molecular weight is 382 g/mol. The van der Waals surface area contributed by atoms with Crippen molar-refractivity contribution < 1.29 is 9.53 Å². The Morgan fingerprint density at radius 3 is 2.55 bits per heavy atom. The molecule has 1 heterocycles. The average Bonchev–Trinajstić information content (AvgIpc) is 2.78. The second-order valence-corrected chi connectivity index (χ2v) is 6.91. The van der Waals surface area contributed by atoms with Crippen molar-refractivity contribution in [3.63, 3.8) is 0 Å². The SMILES string of the molecule is C[C@H](Oc1ccc(CNC(=O)c2ccc3ncccc3c2)cc1)c1ccccc1. The number of hydrogen-bond donors (Lipinski definition) is 1. The Labute approximate surface area is 170 Å². The van der Waals surface area contributed by atoms with Crippen LogP contribution in [-0.2, 0) is 6.54 Å². The van der Waals surface area contributed by atoms with Crippen LogP contribution in [0.3, 0.4) is 0 Å². The maximum atomic E-state index is 12.5. The molecule has 144 valence electrons. The molecule has 29 heavy (non-hydrogen) atoms. The predicted octanol–water partition coefficient (Wildman–Crippen LogP) is 5.30. The molecule has 0 aliphatic rings. The Kier molecular flexibility index (Phi) is 5.52. The van der Waals surface area contributed by atoms with E-state index in [1.54, 1.807) is 12.3 Å². The molecule has 0 fully saturated rings. The molecule has 0 saturated carbocycles. The third-order valence-corrected chi connectivity index (χ3v) is 4.82. The van der Waals surface area contributed by atoms with Crippen LogP contribution in [0.5, 0.6) is 5.75 Å². The van der Waals surface area contributed by atoms with Crippen molar-refractivity contribution in [2.24, 2.45) is 0 Å². The fraction of sp³-hybridized carbons (Fsp3) is 0.120. The topological polar surface area (TPSA) is 51.2 Å². The Bertz CT molecular complexity index is 1110. The van der Waals surface area contributed by atoms with Gasteiger partial charge in [-0.1, -0.05) is 48.5 Å². The predicted molar refractivity (Wildman–Crippen MR) is 115 cm³/mol. The highest BCUT2D eigenvalue weighted by Gasteiger charge is 2.08. The largest absolute Gasteiger partial charge is 0.486 e. The molecule has 0 unspecified atom stereocenters. The summed E-state index contributed by atoms with van der Waals surface area (Å²) in [5, 5.41) is 3.92. The highest BCUT2D eigenvalue weighted by atomic mass is 16.5. The van der Waals surface area contributed by atoms with E-state index in [0.717, 1.165) is 27.8 Å². The first-order valence-corrected chi connectivity index (χ1v) is 9.62. The monoisotopic (exact) mass is 382 g/mol. The quantitative estimate of drug-likeness (QED) is 0.492. The van der Waals surface area contributed by atoms with Crippen molar-refractivity contribution in [1.29, 1.82) is 0 Å². The number of nitrogens with zero attached hydrogens (tertiary/aromatic N) is 1. The molecule has 0 spiro atoms. The molecular weight excluding hydrogens is 360 g/mol. The van der Waals surface area contributed by atoms with Gasteiger partial charge < -0.3 is 10.1 Å². The lowest BCUT2D eigenvalue weighted by molar-refractivity contribution is 0.0951. The number of hydrogen-bond acceptors (Lipinski definition) is 3. The maximum Gasteiger partial charge on any atom is 0.251 e. The Morgan fingerprint density at radius 1 is 0.966 bits per heavy atom. The van der Waals surface area contributed by atoms with Crippen molar-refractivity contribution in [2.75, 3.05) is 0 Å². The summed E-state index contributed by atoms with van der Waals surface area (Å²) in [5.74, 6) is 0.701. The lowest BCUT2D eigenvalue weighted by Gasteiger charge is -2.15. The van der Waals surface area contributed by atoms with Crippen molar-refractivity contribution in [1.82, 2.24) is 10.3 Å². The van der Waals surface area contributed by atoms with Gasteiger partial charge in [-0.05, 0) is 54.4 Å². The zero-order chi connectivity index (χ0) is 20.1. The van der Waals surface area contributed by atoms with Gasteiger partial charge in [-0.25, -0.2) is 0 Å². The van der Waals surface area contributed by atoms with Crippen LogP contribution >= 0.6 is 0 Å². The van der Waals surface area contributed by atoms with Crippen molar-refractivity contribution >= 4 is 16.8 Å². The number of carbonyl (C=O) groups is 1. The molecule has 0 radical (unpaired) electrons. The Balaban J connectivity index is 1.35. The summed E-state index contributed by atoms with van der Waals surface area (Å²) in [6.07, 6.45) is 1.72. The molecular formula is C25H22N2O2. The minimum Gasteiger partial charge on any atom is -0.486 e. The zero-order valence-corrected chi connectivity index (χ0v) is 16.2. The molecule has 0 saturated heterocycles. The van der Waals surface area contributed by atoms with E-state index in [-0.39, 0.29) is 12.0 Å². The second kappa shape index (κ2) is 8.57. The van der Waals surface area contributed by atoms with Crippen LogP contribution in [0.4, 0.5) is 0 Å². The third-order valence-electron chi connectivity index (χ3n) is 4.82. The Hall–Kier alpha value is -3.66. The first-order chi connectivity index (χ1) is 14.2. The molecule has 4 nitrogen and oxygen atoms in total. The van der Waals surface area contributed by atoms with Gasteiger partial charge in [0.25, 0.3) is 5.91 Å². The third kappa shape index (κ3) is 4.61. The van der Waals surface area contributed by atoms with Gasteiger partial charge in [-0.3, -0.25) is 9.78 Å². The Morgan fingerprint density at radius 2 is 1.76 bits per heavy atom. The summed E-state index contributed by atoms with van der Waals surface area (Å²) in [6, 6.07) is 27.3. The number of fused-ring (bicyclic) bond motifs is 1. The van der Waals surface area contributed by atoms with E-state index < -0.39 is 0 Å². The number of pyridine rings is 1. The molecule has 1 N–H and O–H groups in total. The number of aromatic nitrogens is 1. The number of benzene rings is 3. The first-order valence-electron chi connectivity index (χ1n) is 9.62. The van der Waals surface area contributed by atoms with Crippen LogP contribution in [0.25, 0.3) is 10.9 Å². The zero-order valence-electron chi connectivity index (χ0n) is 16.2. The molecule has 0 aliphatic heterocycles. The summed E-state index contributed by atoms with van der Waals surface area (Å²) in [6.45, 7) is 2.49. The van der Waals surface area contributed by atoms with Gasteiger partial charge in [0, 0.05) is 23.7 Å². The number of nitrogens with one attached hydrogen (secondary N) is 1. The molecule has 4 rings (SSSR count). The maximum absolute atomic E-state index is 12.5. The standard InChI is InChI=1S/C25H22N2O2/c1-18(20-6-3-2-4-7-20)29-23-12-9-19(10-13-23)17-27-25(28)22-11-14-24-21(16-22)8-5-15-26-24/h2-16,18H,17H2,1H3,(H,27,28)/t18-/m0/s1. The fourth-order valence-corrected chi connectivity index (χ4v) is 3.18. The number of rotatable bonds is 6. The van der Waals surface area contributed by atoms with Crippen LogP contribution in [0.2, 0.25) is 0 Å². The normalized spacial score (nSPS) is 11.8. The first kappa shape index (κ1) is 18.7. The van der Waals surface area contributed by atoms with E-state index in [2.05, 4.69) is 22.4 Å². The summed E-state index contributed by atoms with van der Waals surface area (Å²) in [7, 11) is 0. The van der Waals surface area contributed by atoms with Gasteiger partial charge in [0.15, 0.2) is 0 Å². The number of ether oxygens (including phenoxy) is 1.